The van der Waals surface area contributed by atoms with Gasteiger partial charge in [-0.25, -0.2) is 9.78 Å². The summed E-state index contributed by atoms with van der Waals surface area (Å²) in [5.74, 6) is 1.69. The first-order valence-corrected chi connectivity index (χ1v) is 14.0. The fourth-order valence-corrected chi connectivity index (χ4v) is 4.91. The number of aromatic nitrogens is 4. The maximum Gasteiger partial charge on any atom is 0.332 e. The fraction of sp³-hybridized carbons (Fsp3) is 0.586. The van der Waals surface area contributed by atoms with E-state index in [0.717, 1.165) is 63.4 Å². The van der Waals surface area contributed by atoms with E-state index in [9.17, 15) is 14.4 Å². The van der Waals surface area contributed by atoms with Gasteiger partial charge in [0.15, 0.2) is 22.7 Å². The highest BCUT2D eigenvalue weighted by molar-refractivity contribution is 5.75. The number of aryl methyl sites for hydroxylation is 2. The van der Waals surface area contributed by atoms with Gasteiger partial charge in [0, 0.05) is 33.6 Å². The third kappa shape index (κ3) is 7.67. The lowest BCUT2D eigenvalue weighted by Crippen LogP contribution is -2.39. The molecular formula is C29H43N5O6. The summed E-state index contributed by atoms with van der Waals surface area (Å²) in [5.41, 5.74) is 1.18. The Balaban J connectivity index is 1.25. The Morgan fingerprint density at radius 3 is 2.00 bits per heavy atom. The van der Waals surface area contributed by atoms with E-state index < -0.39 is 0 Å². The number of rotatable bonds is 17. The Morgan fingerprint density at radius 2 is 1.43 bits per heavy atom. The number of carbonyl (C=O) groups is 1. The van der Waals surface area contributed by atoms with Crippen molar-refractivity contribution in [2.45, 2.75) is 77.3 Å². The van der Waals surface area contributed by atoms with E-state index in [1.807, 2.05) is 12.1 Å². The molecule has 40 heavy (non-hydrogen) atoms. The molecule has 0 spiro atoms. The average Bonchev–Trinajstić information content (AvgIpc) is 3.35. The molecule has 0 saturated carbocycles. The Labute approximate surface area is 235 Å². The van der Waals surface area contributed by atoms with Crippen molar-refractivity contribution < 1.29 is 19.0 Å². The van der Waals surface area contributed by atoms with Gasteiger partial charge in [-0.1, -0.05) is 44.9 Å². The number of carbonyl (C=O) groups excluding carboxylic acids is 1. The molecule has 2 aromatic heterocycles. The minimum atomic E-state index is -0.314. The fourth-order valence-electron chi connectivity index (χ4n) is 4.91. The molecule has 3 aromatic rings. The van der Waals surface area contributed by atoms with E-state index in [1.165, 1.54) is 9.13 Å². The van der Waals surface area contributed by atoms with Gasteiger partial charge in [-0.3, -0.25) is 18.7 Å². The Hall–Kier alpha value is -3.76. The van der Waals surface area contributed by atoms with Gasteiger partial charge < -0.3 is 24.1 Å². The van der Waals surface area contributed by atoms with Gasteiger partial charge in [0.1, 0.15) is 0 Å². The summed E-state index contributed by atoms with van der Waals surface area (Å²) in [6.07, 6.45) is 11.3. The monoisotopic (exact) mass is 557 g/mol. The smallest absolute Gasteiger partial charge is 0.332 e. The van der Waals surface area contributed by atoms with Gasteiger partial charge in [-0.2, -0.15) is 0 Å². The number of unbranched alkanes of at least 4 members (excludes halogenated alkanes) is 8. The molecule has 1 aromatic carbocycles. The van der Waals surface area contributed by atoms with Crippen molar-refractivity contribution in [2.75, 3.05) is 21.3 Å². The van der Waals surface area contributed by atoms with Crippen LogP contribution in [0.2, 0.25) is 0 Å². The zero-order valence-corrected chi connectivity index (χ0v) is 24.5. The van der Waals surface area contributed by atoms with Gasteiger partial charge in [0.2, 0.25) is 11.7 Å². The van der Waals surface area contributed by atoms with Crippen LogP contribution in [-0.2, 0) is 32.0 Å². The van der Waals surface area contributed by atoms with Crippen LogP contribution in [0.25, 0.3) is 11.2 Å². The molecule has 1 amide bonds. The summed E-state index contributed by atoms with van der Waals surface area (Å²) >= 11 is 0. The zero-order chi connectivity index (χ0) is 29.1. The maximum atomic E-state index is 12.7. The Bertz CT molecular complexity index is 1370. The molecule has 11 nitrogen and oxygen atoms in total. The highest BCUT2D eigenvalue weighted by Crippen LogP contribution is 2.38. The molecule has 1 N–H and O–H groups in total. The standard InChI is InChI=1S/C29H43N5O6/c1-32-20-31-27-25(32)28(36)34(29(37)33(27)2)16-14-12-10-8-6-7-9-11-13-15-24(35)30-19-21-17-22(38-3)26(40-5)23(18-21)39-4/h17-18,20H,6-16,19H2,1-5H3,(H,30,35). The quantitative estimate of drug-likeness (QED) is 0.252. The maximum absolute atomic E-state index is 12.7. The topological polar surface area (TPSA) is 119 Å². The van der Waals surface area contributed by atoms with Crippen LogP contribution in [0, 0.1) is 0 Å². The first kappa shape index (κ1) is 30.8. The molecular weight excluding hydrogens is 514 g/mol. The molecule has 2 heterocycles. The highest BCUT2D eigenvalue weighted by Gasteiger charge is 2.15. The van der Waals surface area contributed by atoms with Gasteiger partial charge >= 0.3 is 5.69 Å². The molecule has 0 saturated heterocycles. The predicted molar refractivity (Wildman–Crippen MR) is 154 cm³/mol. The van der Waals surface area contributed by atoms with E-state index in [0.29, 0.717) is 47.9 Å². The molecule has 11 heteroatoms. The van der Waals surface area contributed by atoms with Crippen LogP contribution < -0.4 is 30.8 Å². The number of methoxy groups -OCH3 is 3. The minimum absolute atomic E-state index is 0.0326. The molecule has 0 bridgehead atoms. The van der Waals surface area contributed by atoms with E-state index >= 15 is 0 Å². The lowest BCUT2D eigenvalue weighted by Gasteiger charge is -2.14. The van der Waals surface area contributed by atoms with Crippen molar-refractivity contribution in [1.82, 2.24) is 24.0 Å². The van der Waals surface area contributed by atoms with Crippen molar-refractivity contribution >= 4 is 17.1 Å². The van der Waals surface area contributed by atoms with E-state index in [1.54, 1.807) is 46.3 Å². The van der Waals surface area contributed by atoms with E-state index in [-0.39, 0.29) is 17.2 Å². The molecule has 0 aliphatic carbocycles. The molecule has 0 unspecified atom stereocenters. The van der Waals surface area contributed by atoms with Gasteiger partial charge in [0.05, 0.1) is 27.7 Å². The molecule has 0 aliphatic rings. The van der Waals surface area contributed by atoms with Crippen LogP contribution in [-0.4, -0.2) is 45.9 Å². The summed E-state index contributed by atoms with van der Waals surface area (Å²) in [4.78, 5) is 41.7. The third-order valence-electron chi connectivity index (χ3n) is 7.20. The number of amides is 1. The molecule has 0 aliphatic heterocycles. The molecule has 0 radical (unpaired) electrons. The Kier molecular flexibility index (Phi) is 11.6. The first-order chi connectivity index (χ1) is 19.3. The summed E-state index contributed by atoms with van der Waals surface area (Å²) in [6, 6.07) is 3.67. The normalized spacial score (nSPS) is 11.1. The summed E-state index contributed by atoms with van der Waals surface area (Å²) in [5, 5.41) is 2.96. The number of imidazole rings is 1. The second-order valence-electron chi connectivity index (χ2n) is 10.1. The van der Waals surface area contributed by atoms with Crippen molar-refractivity contribution in [1.29, 1.82) is 0 Å². The van der Waals surface area contributed by atoms with Gasteiger partial charge in [0.25, 0.3) is 5.56 Å². The largest absolute Gasteiger partial charge is 0.493 e. The molecule has 0 atom stereocenters. The number of benzene rings is 1. The van der Waals surface area contributed by atoms with Crippen LogP contribution in [0.3, 0.4) is 0 Å². The average molecular weight is 558 g/mol. The molecule has 0 fully saturated rings. The second kappa shape index (κ2) is 15.1. The first-order valence-electron chi connectivity index (χ1n) is 14.0. The molecule has 3 rings (SSSR count). The lowest BCUT2D eigenvalue weighted by molar-refractivity contribution is -0.121. The third-order valence-corrected chi connectivity index (χ3v) is 7.20. The van der Waals surface area contributed by atoms with Crippen LogP contribution >= 0.6 is 0 Å². The Morgan fingerprint density at radius 1 is 0.850 bits per heavy atom. The van der Waals surface area contributed by atoms with E-state index in [2.05, 4.69) is 10.3 Å². The SMILES string of the molecule is COc1cc(CNC(=O)CCCCCCCCCCCn2c(=O)c3c(ncn3C)n(C)c2=O)cc(OC)c1OC. The zero-order valence-electron chi connectivity index (χ0n) is 24.5. The van der Waals surface area contributed by atoms with Crippen LogP contribution in [0.15, 0.2) is 28.0 Å². The highest BCUT2D eigenvalue weighted by atomic mass is 16.5. The second-order valence-corrected chi connectivity index (χ2v) is 10.1. The van der Waals surface area contributed by atoms with Crippen molar-refractivity contribution in [3.05, 3.63) is 44.9 Å². The van der Waals surface area contributed by atoms with Crippen LogP contribution in [0.1, 0.15) is 69.8 Å². The number of nitrogens with one attached hydrogen (secondary N) is 1. The van der Waals surface area contributed by atoms with Crippen molar-refractivity contribution in [3.63, 3.8) is 0 Å². The summed E-state index contributed by atoms with van der Waals surface area (Å²) in [6.45, 7) is 0.824. The molecule has 220 valence electrons. The predicted octanol–water partition coefficient (Wildman–Crippen LogP) is 3.68. The van der Waals surface area contributed by atoms with Gasteiger partial charge in [-0.05, 0) is 30.5 Å². The van der Waals surface area contributed by atoms with E-state index in [4.69, 9.17) is 14.2 Å². The number of nitrogens with zero attached hydrogens (tertiary/aromatic N) is 4. The van der Waals surface area contributed by atoms with Gasteiger partial charge in [-0.15, -0.1) is 0 Å². The number of hydrogen-bond donors (Lipinski definition) is 1. The number of ether oxygens (including phenoxy) is 3. The van der Waals surface area contributed by atoms with Crippen LogP contribution in [0.4, 0.5) is 0 Å². The summed E-state index contributed by atoms with van der Waals surface area (Å²) < 4.78 is 20.5. The minimum Gasteiger partial charge on any atom is -0.493 e. The van der Waals surface area contributed by atoms with Crippen molar-refractivity contribution in [3.8, 4) is 17.2 Å². The van der Waals surface area contributed by atoms with Crippen LogP contribution in [0.5, 0.6) is 17.2 Å². The van der Waals surface area contributed by atoms with Crippen molar-refractivity contribution in [2.24, 2.45) is 14.1 Å². The number of hydrogen-bond acceptors (Lipinski definition) is 7. The lowest BCUT2D eigenvalue weighted by atomic mass is 10.1. The summed E-state index contributed by atoms with van der Waals surface area (Å²) in [7, 11) is 8.11. The number of fused-ring (bicyclic) bond motifs is 1.